The smallest absolute Gasteiger partial charge is 0.284 e. The highest BCUT2D eigenvalue weighted by Gasteiger charge is 2.42. The topological polar surface area (TPSA) is 109 Å². The van der Waals surface area contributed by atoms with Crippen LogP contribution in [-0.2, 0) is 20.2 Å². The molecule has 0 saturated carbocycles. The summed E-state index contributed by atoms with van der Waals surface area (Å²) in [4.78, 5) is 0. The average Bonchev–Trinajstić information content (AvgIpc) is 2.02. The molecule has 0 aromatic rings. The second-order valence-electron chi connectivity index (χ2n) is 2.55. The van der Waals surface area contributed by atoms with Crippen molar-refractivity contribution in [3.05, 3.63) is 0 Å². The molecule has 0 heterocycles. The predicted molar refractivity (Wildman–Crippen MR) is 48.9 cm³/mol. The summed E-state index contributed by atoms with van der Waals surface area (Å²) in [6, 6.07) is -1.70. The van der Waals surface area contributed by atoms with E-state index in [1.807, 2.05) is 0 Å². The highest BCUT2D eigenvalue weighted by atomic mass is 32.2. The largest absolute Gasteiger partial charge is 0.370 e. The molecule has 0 bridgehead atoms. The molecule has 0 aromatic carbocycles. The van der Waals surface area contributed by atoms with Gasteiger partial charge in [0.2, 0.25) is 6.01 Å². The number of halogens is 3. The molecule has 0 radical (unpaired) electrons. The van der Waals surface area contributed by atoms with Crippen molar-refractivity contribution in [3.63, 3.8) is 0 Å². The molecule has 0 aliphatic rings. The van der Waals surface area contributed by atoms with Crippen molar-refractivity contribution < 1.29 is 39.1 Å². The Labute approximate surface area is 91.0 Å². The van der Waals surface area contributed by atoms with Gasteiger partial charge in [-0.25, -0.2) is 4.39 Å². The zero-order valence-corrected chi connectivity index (χ0v) is 9.73. The molecule has 0 aliphatic carbocycles. The first kappa shape index (κ1) is 18.0. The van der Waals surface area contributed by atoms with Gasteiger partial charge < -0.3 is 0 Å². The minimum absolute atomic E-state index is 0.00674. The Morgan fingerprint density at radius 3 is 1.50 bits per heavy atom. The summed E-state index contributed by atoms with van der Waals surface area (Å²) in [6.07, 6.45) is -0.835. The minimum Gasteiger partial charge on any atom is -0.284 e. The quantitative estimate of drug-likeness (QED) is 0.749. The number of hydrogen-bond donors (Lipinski definition) is 2. The summed E-state index contributed by atoms with van der Waals surface area (Å²) >= 11 is 0. The molecule has 100 valence electrons. The summed E-state index contributed by atoms with van der Waals surface area (Å²) in [5, 5.41) is -3.98. The molecule has 2 N–H and O–H groups in total. The molecule has 0 amide bonds. The molecule has 0 aromatic heterocycles. The van der Waals surface area contributed by atoms with E-state index in [0.29, 0.717) is 0 Å². The Kier molecular flexibility index (Phi) is 7.16. The Morgan fingerprint density at radius 2 is 1.44 bits per heavy atom. The monoisotopic (exact) mass is 288 g/mol. The van der Waals surface area contributed by atoms with Gasteiger partial charge in [0, 0.05) is 6.42 Å². The maximum Gasteiger partial charge on any atom is 0.370 e. The molecule has 0 spiro atoms. The third kappa shape index (κ3) is 8.88. The Morgan fingerprint density at radius 1 is 1.12 bits per heavy atom. The molecule has 0 saturated heterocycles. The van der Waals surface area contributed by atoms with Crippen LogP contribution in [-0.4, -0.2) is 37.2 Å². The van der Waals surface area contributed by atoms with E-state index < -0.39 is 37.9 Å². The molecule has 6 nitrogen and oxygen atoms in total. The standard InChI is InChI=1S/C4H8F2O3S.CH3FO3S/c1-2-3-4(5,6)10(7,8)9;2-1-6(3,4)5/h2-3H2,1H3,(H,7,8,9);1H2,(H,3,4,5). The van der Waals surface area contributed by atoms with Crippen molar-refractivity contribution >= 4 is 20.2 Å². The van der Waals surface area contributed by atoms with Crippen molar-refractivity contribution in [1.29, 1.82) is 0 Å². The first-order valence-corrected chi connectivity index (χ1v) is 6.78. The van der Waals surface area contributed by atoms with Crippen LogP contribution < -0.4 is 0 Å². The van der Waals surface area contributed by atoms with Crippen molar-refractivity contribution in [2.45, 2.75) is 25.0 Å². The van der Waals surface area contributed by atoms with Gasteiger partial charge in [0.05, 0.1) is 0 Å². The Hall–Kier alpha value is -0.390. The van der Waals surface area contributed by atoms with Gasteiger partial charge in [0.1, 0.15) is 0 Å². The van der Waals surface area contributed by atoms with Gasteiger partial charge >= 0.3 is 15.4 Å². The summed E-state index contributed by atoms with van der Waals surface area (Å²) in [5.74, 6) is 0. The fourth-order valence-corrected chi connectivity index (χ4v) is 0.882. The highest BCUT2D eigenvalue weighted by molar-refractivity contribution is 7.86. The van der Waals surface area contributed by atoms with Crippen LogP contribution in [0.2, 0.25) is 0 Å². The van der Waals surface area contributed by atoms with Gasteiger partial charge in [-0.15, -0.1) is 0 Å². The van der Waals surface area contributed by atoms with Gasteiger partial charge in [0.15, 0.2) is 0 Å². The van der Waals surface area contributed by atoms with Gasteiger partial charge in [-0.1, -0.05) is 6.92 Å². The van der Waals surface area contributed by atoms with Crippen LogP contribution in [0.1, 0.15) is 19.8 Å². The van der Waals surface area contributed by atoms with E-state index in [9.17, 15) is 30.0 Å². The van der Waals surface area contributed by atoms with Crippen LogP contribution in [0.4, 0.5) is 13.2 Å². The molecule has 0 unspecified atom stereocenters. The fraction of sp³-hybridized carbons (Fsp3) is 1.00. The van der Waals surface area contributed by atoms with E-state index in [0.717, 1.165) is 0 Å². The summed E-state index contributed by atoms with van der Waals surface area (Å²) in [7, 11) is -9.53. The van der Waals surface area contributed by atoms with Crippen LogP contribution in [0, 0.1) is 0 Å². The molecule has 16 heavy (non-hydrogen) atoms. The van der Waals surface area contributed by atoms with Crippen LogP contribution in [0.5, 0.6) is 0 Å². The van der Waals surface area contributed by atoms with Crippen molar-refractivity contribution in [2.75, 3.05) is 6.01 Å². The molecule has 0 fully saturated rings. The Balaban J connectivity index is 0. The molecular formula is C5H11F3O6S2. The minimum atomic E-state index is -5.20. The SMILES string of the molecule is CCCC(F)(F)S(=O)(=O)O.O=S(=O)(O)CF. The molecular weight excluding hydrogens is 277 g/mol. The third-order valence-corrected chi connectivity index (χ3v) is 2.29. The second-order valence-corrected chi connectivity index (χ2v) is 5.48. The van der Waals surface area contributed by atoms with E-state index in [1.165, 1.54) is 6.92 Å². The van der Waals surface area contributed by atoms with E-state index in [2.05, 4.69) is 0 Å². The lowest BCUT2D eigenvalue weighted by atomic mass is 10.3. The normalized spacial score (nSPS) is 12.9. The molecule has 0 aliphatic heterocycles. The lowest BCUT2D eigenvalue weighted by Crippen LogP contribution is -2.27. The van der Waals surface area contributed by atoms with E-state index in [1.54, 1.807) is 0 Å². The van der Waals surface area contributed by atoms with Crippen molar-refractivity contribution in [2.24, 2.45) is 0 Å². The molecule has 11 heteroatoms. The summed E-state index contributed by atoms with van der Waals surface area (Å²) in [5.41, 5.74) is 0. The fourth-order valence-electron chi connectivity index (χ4n) is 0.420. The van der Waals surface area contributed by atoms with Crippen molar-refractivity contribution in [3.8, 4) is 0 Å². The van der Waals surface area contributed by atoms with Crippen LogP contribution >= 0.6 is 0 Å². The van der Waals surface area contributed by atoms with Gasteiger partial charge in [-0.3, -0.25) is 9.11 Å². The Bertz CT molecular complexity index is 386. The van der Waals surface area contributed by atoms with Gasteiger partial charge in [0.25, 0.3) is 10.1 Å². The second kappa shape index (κ2) is 6.37. The third-order valence-electron chi connectivity index (χ3n) is 1.06. The molecule has 0 rings (SSSR count). The zero-order chi connectivity index (χ0) is 13.6. The van der Waals surface area contributed by atoms with E-state index in [-0.39, 0.29) is 6.42 Å². The summed E-state index contributed by atoms with van der Waals surface area (Å²) < 4.78 is 88.2. The van der Waals surface area contributed by atoms with E-state index in [4.69, 9.17) is 9.11 Å². The van der Waals surface area contributed by atoms with Crippen LogP contribution in [0.15, 0.2) is 0 Å². The maximum absolute atomic E-state index is 12.1. The number of rotatable bonds is 4. The molecule has 0 atom stereocenters. The first-order valence-electron chi connectivity index (χ1n) is 3.73. The lowest BCUT2D eigenvalue weighted by Gasteiger charge is -2.09. The predicted octanol–water partition coefficient (Wildman–Crippen LogP) is 1.07. The van der Waals surface area contributed by atoms with Crippen molar-refractivity contribution in [1.82, 2.24) is 0 Å². The average molecular weight is 288 g/mol. The number of alkyl halides is 3. The highest BCUT2D eigenvalue weighted by Crippen LogP contribution is 2.25. The van der Waals surface area contributed by atoms with Gasteiger partial charge in [-0.05, 0) is 6.42 Å². The van der Waals surface area contributed by atoms with Gasteiger partial charge in [-0.2, -0.15) is 25.6 Å². The first-order chi connectivity index (χ1) is 6.87. The van der Waals surface area contributed by atoms with E-state index >= 15 is 0 Å². The zero-order valence-electron chi connectivity index (χ0n) is 8.10. The number of hydrogen-bond acceptors (Lipinski definition) is 4. The van der Waals surface area contributed by atoms with Crippen LogP contribution in [0.25, 0.3) is 0 Å². The lowest BCUT2D eigenvalue weighted by molar-refractivity contribution is 0.0706. The van der Waals surface area contributed by atoms with Crippen LogP contribution in [0.3, 0.4) is 0 Å². The maximum atomic E-state index is 12.1. The summed E-state index contributed by atoms with van der Waals surface area (Å²) in [6.45, 7) is 1.40.